The lowest BCUT2D eigenvalue weighted by atomic mass is 10.1. The Morgan fingerprint density at radius 2 is 2.21 bits per heavy atom. The molecule has 0 bridgehead atoms. The van der Waals surface area contributed by atoms with Gasteiger partial charge in [-0.3, -0.25) is 4.99 Å². The SMILES string of the molecule is CCNC(=NCC(SC)c1cccc(Cl)c1)N1CCC(OCC2CCCO2)CC1. The zero-order chi connectivity index (χ0) is 20.5. The van der Waals surface area contributed by atoms with Crippen LogP contribution in [0.4, 0.5) is 0 Å². The van der Waals surface area contributed by atoms with E-state index in [1.807, 2.05) is 30.0 Å². The van der Waals surface area contributed by atoms with Crippen LogP contribution in [-0.4, -0.2) is 68.7 Å². The van der Waals surface area contributed by atoms with Crippen molar-refractivity contribution in [1.82, 2.24) is 10.2 Å². The molecule has 2 unspecified atom stereocenters. The average molecular weight is 440 g/mol. The van der Waals surface area contributed by atoms with E-state index in [1.54, 1.807) is 0 Å². The second kappa shape index (κ2) is 12.0. The Bertz CT molecular complexity index is 647. The molecule has 0 spiro atoms. The Labute approximate surface area is 184 Å². The monoisotopic (exact) mass is 439 g/mol. The van der Waals surface area contributed by atoms with Crippen molar-refractivity contribution in [3.8, 4) is 0 Å². The first-order chi connectivity index (χ1) is 14.2. The molecule has 2 heterocycles. The number of piperidine rings is 1. The molecule has 5 nitrogen and oxygen atoms in total. The minimum Gasteiger partial charge on any atom is -0.376 e. The van der Waals surface area contributed by atoms with E-state index in [4.69, 9.17) is 26.1 Å². The van der Waals surface area contributed by atoms with Crippen LogP contribution in [0.25, 0.3) is 0 Å². The van der Waals surface area contributed by atoms with Gasteiger partial charge in [0.2, 0.25) is 0 Å². The summed E-state index contributed by atoms with van der Waals surface area (Å²) >= 11 is 7.99. The predicted octanol–water partition coefficient (Wildman–Crippen LogP) is 4.37. The lowest BCUT2D eigenvalue weighted by molar-refractivity contribution is -0.0367. The molecule has 2 aliphatic heterocycles. The van der Waals surface area contributed by atoms with Gasteiger partial charge in [-0.2, -0.15) is 11.8 Å². The van der Waals surface area contributed by atoms with Gasteiger partial charge >= 0.3 is 0 Å². The van der Waals surface area contributed by atoms with Crippen LogP contribution in [0.3, 0.4) is 0 Å². The van der Waals surface area contributed by atoms with Crippen molar-refractivity contribution in [2.75, 3.05) is 45.6 Å². The van der Waals surface area contributed by atoms with Crippen LogP contribution in [0.5, 0.6) is 0 Å². The summed E-state index contributed by atoms with van der Waals surface area (Å²) in [7, 11) is 0. The second-order valence-electron chi connectivity index (χ2n) is 7.63. The van der Waals surface area contributed by atoms with Gasteiger partial charge in [0.05, 0.1) is 25.4 Å². The number of nitrogens with one attached hydrogen (secondary N) is 1. The molecule has 0 radical (unpaired) electrons. The van der Waals surface area contributed by atoms with Crippen molar-refractivity contribution in [3.05, 3.63) is 34.9 Å². The van der Waals surface area contributed by atoms with Crippen LogP contribution in [0, 0.1) is 0 Å². The summed E-state index contributed by atoms with van der Waals surface area (Å²) in [6.07, 6.45) is 7.16. The van der Waals surface area contributed by atoms with E-state index in [9.17, 15) is 0 Å². The number of aliphatic imine (C=N–C) groups is 1. The third-order valence-electron chi connectivity index (χ3n) is 5.53. The summed E-state index contributed by atoms with van der Waals surface area (Å²) in [4.78, 5) is 7.32. The number of guanidine groups is 1. The van der Waals surface area contributed by atoms with Gasteiger partial charge in [-0.15, -0.1) is 0 Å². The van der Waals surface area contributed by atoms with Crippen LogP contribution < -0.4 is 5.32 Å². The number of halogens is 1. The minimum atomic E-state index is 0.301. The van der Waals surface area contributed by atoms with E-state index >= 15 is 0 Å². The fourth-order valence-corrected chi connectivity index (χ4v) is 4.71. The first kappa shape index (κ1) is 22.7. The molecular formula is C22H34ClN3O2S. The normalized spacial score (nSPS) is 22.1. The second-order valence-corrected chi connectivity index (χ2v) is 9.11. The van der Waals surface area contributed by atoms with E-state index in [-0.39, 0.29) is 0 Å². The summed E-state index contributed by atoms with van der Waals surface area (Å²) < 4.78 is 11.8. The molecule has 3 rings (SSSR count). The summed E-state index contributed by atoms with van der Waals surface area (Å²) in [6, 6.07) is 8.10. The van der Waals surface area contributed by atoms with Gasteiger partial charge in [0.15, 0.2) is 5.96 Å². The Balaban J connectivity index is 1.52. The fourth-order valence-electron chi connectivity index (χ4n) is 3.87. The van der Waals surface area contributed by atoms with Crippen molar-refractivity contribution in [2.24, 2.45) is 4.99 Å². The Hall–Kier alpha value is -0.950. The number of benzene rings is 1. The lowest BCUT2D eigenvalue weighted by Crippen LogP contribution is -2.47. The standard InChI is InChI=1S/C22H34ClN3O2S/c1-3-24-22(25-15-21(29-2)17-6-4-7-18(23)14-17)26-11-9-19(10-12-26)28-16-20-8-5-13-27-20/h4,6-7,14,19-21H,3,5,8-13,15-16H2,1-2H3,(H,24,25). The summed E-state index contributed by atoms with van der Waals surface area (Å²) in [5.74, 6) is 1.01. The number of likely N-dealkylation sites (tertiary alicyclic amines) is 1. The van der Waals surface area contributed by atoms with Crippen molar-refractivity contribution < 1.29 is 9.47 Å². The third-order valence-corrected chi connectivity index (χ3v) is 6.76. The topological polar surface area (TPSA) is 46.1 Å². The highest BCUT2D eigenvalue weighted by Crippen LogP contribution is 2.29. The van der Waals surface area contributed by atoms with Crippen molar-refractivity contribution in [3.63, 3.8) is 0 Å². The van der Waals surface area contributed by atoms with Crippen LogP contribution in [0.2, 0.25) is 5.02 Å². The molecule has 1 N–H and O–H groups in total. The predicted molar refractivity (Wildman–Crippen MR) is 123 cm³/mol. The summed E-state index contributed by atoms with van der Waals surface area (Å²) in [5, 5.41) is 4.55. The van der Waals surface area contributed by atoms with Gasteiger partial charge in [0.1, 0.15) is 0 Å². The van der Waals surface area contributed by atoms with Gasteiger partial charge in [-0.05, 0) is 56.6 Å². The van der Waals surface area contributed by atoms with Gasteiger partial charge in [0, 0.05) is 36.5 Å². The van der Waals surface area contributed by atoms with Crippen molar-refractivity contribution in [2.45, 2.75) is 50.1 Å². The molecule has 29 heavy (non-hydrogen) atoms. The van der Waals surface area contributed by atoms with Crippen LogP contribution >= 0.6 is 23.4 Å². The van der Waals surface area contributed by atoms with E-state index < -0.39 is 0 Å². The molecule has 2 fully saturated rings. The average Bonchev–Trinajstić information content (AvgIpc) is 3.26. The molecule has 0 aliphatic carbocycles. The summed E-state index contributed by atoms with van der Waals surface area (Å²) in [5.41, 5.74) is 1.23. The largest absolute Gasteiger partial charge is 0.376 e. The number of ether oxygens (including phenoxy) is 2. The van der Waals surface area contributed by atoms with Gasteiger partial charge in [-0.1, -0.05) is 23.7 Å². The van der Waals surface area contributed by atoms with Gasteiger partial charge in [-0.25, -0.2) is 0 Å². The number of rotatable bonds is 8. The molecule has 7 heteroatoms. The lowest BCUT2D eigenvalue weighted by Gasteiger charge is -2.34. The number of hydrogen-bond acceptors (Lipinski definition) is 4. The van der Waals surface area contributed by atoms with E-state index in [0.29, 0.717) is 17.5 Å². The number of hydrogen-bond donors (Lipinski definition) is 1. The minimum absolute atomic E-state index is 0.301. The molecular weight excluding hydrogens is 406 g/mol. The first-order valence-electron chi connectivity index (χ1n) is 10.7. The highest BCUT2D eigenvalue weighted by atomic mass is 35.5. The van der Waals surface area contributed by atoms with Gasteiger partial charge < -0.3 is 19.7 Å². The summed E-state index contributed by atoms with van der Waals surface area (Å²) in [6.45, 7) is 7.31. The molecule has 2 aliphatic rings. The molecule has 1 aromatic rings. The molecule has 1 aromatic carbocycles. The smallest absolute Gasteiger partial charge is 0.193 e. The highest BCUT2D eigenvalue weighted by molar-refractivity contribution is 7.98. The molecule has 0 amide bonds. The highest BCUT2D eigenvalue weighted by Gasteiger charge is 2.24. The van der Waals surface area contributed by atoms with Crippen molar-refractivity contribution in [1.29, 1.82) is 0 Å². The van der Waals surface area contributed by atoms with E-state index in [1.165, 1.54) is 12.0 Å². The Kier molecular flexibility index (Phi) is 9.43. The maximum atomic E-state index is 6.18. The Morgan fingerprint density at radius 1 is 1.38 bits per heavy atom. The quantitative estimate of drug-likeness (QED) is 0.481. The molecule has 0 aromatic heterocycles. The molecule has 2 atom stereocenters. The molecule has 0 saturated carbocycles. The molecule has 162 valence electrons. The van der Waals surface area contributed by atoms with Gasteiger partial charge in [0.25, 0.3) is 0 Å². The first-order valence-corrected chi connectivity index (χ1v) is 12.4. The fraction of sp³-hybridized carbons (Fsp3) is 0.682. The zero-order valence-electron chi connectivity index (χ0n) is 17.6. The van der Waals surface area contributed by atoms with Crippen LogP contribution in [-0.2, 0) is 9.47 Å². The third kappa shape index (κ3) is 7.06. The maximum absolute atomic E-state index is 6.18. The van der Waals surface area contributed by atoms with Crippen LogP contribution in [0.1, 0.15) is 43.4 Å². The van der Waals surface area contributed by atoms with E-state index in [0.717, 1.165) is 69.6 Å². The number of nitrogens with zero attached hydrogens (tertiary/aromatic N) is 2. The Morgan fingerprint density at radius 3 is 2.86 bits per heavy atom. The molecule has 2 saturated heterocycles. The van der Waals surface area contributed by atoms with Crippen molar-refractivity contribution >= 4 is 29.3 Å². The maximum Gasteiger partial charge on any atom is 0.193 e. The van der Waals surface area contributed by atoms with E-state index in [2.05, 4.69) is 29.5 Å². The van der Waals surface area contributed by atoms with Crippen LogP contribution in [0.15, 0.2) is 29.3 Å². The zero-order valence-corrected chi connectivity index (χ0v) is 19.2. The number of thioether (sulfide) groups is 1.